The Morgan fingerprint density at radius 1 is 0.750 bits per heavy atom. The van der Waals surface area contributed by atoms with Crippen molar-refractivity contribution in [3.63, 3.8) is 0 Å². The van der Waals surface area contributed by atoms with Crippen molar-refractivity contribution in [2.24, 2.45) is 10.2 Å². The highest BCUT2D eigenvalue weighted by atomic mass is 15.1. The first-order chi connectivity index (χ1) is 9.69. The molecule has 0 spiro atoms. The lowest BCUT2D eigenvalue weighted by Gasteiger charge is -2.12. The van der Waals surface area contributed by atoms with Crippen molar-refractivity contribution >= 4 is 11.4 Å². The van der Waals surface area contributed by atoms with E-state index in [4.69, 9.17) is 11.1 Å². The monoisotopic (exact) mass is 264 g/mol. The second kappa shape index (κ2) is 5.80. The first-order valence-corrected chi connectivity index (χ1v) is 5.99. The Bertz CT molecular complexity index is 687. The number of benzene rings is 2. The van der Waals surface area contributed by atoms with Crippen LogP contribution in [0.15, 0.2) is 46.6 Å². The van der Waals surface area contributed by atoms with Gasteiger partial charge in [0.15, 0.2) is 0 Å². The summed E-state index contributed by atoms with van der Waals surface area (Å²) in [5, 5.41) is 7.52. The van der Waals surface area contributed by atoms with Gasteiger partial charge in [-0.05, 0) is 47.2 Å². The minimum absolute atomic E-state index is 0.551. The Labute approximate surface area is 115 Å². The van der Waals surface area contributed by atoms with Crippen LogP contribution in [0.1, 0.15) is 11.1 Å². The molecule has 2 rings (SSSR count). The molecule has 0 aliphatic rings. The molecule has 6 heteroatoms. The highest BCUT2D eigenvalue weighted by Gasteiger charge is 2.11. The van der Waals surface area contributed by atoms with Crippen molar-refractivity contribution in [2.75, 3.05) is 0 Å². The molecule has 0 aliphatic heterocycles. The molecule has 20 heavy (non-hydrogen) atoms. The van der Waals surface area contributed by atoms with Crippen LogP contribution in [0.5, 0.6) is 0 Å². The lowest BCUT2D eigenvalue weighted by molar-refractivity contribution is 1.34. The van der Waals surface area contributed by atoms with Gasteiger partial charge in [0.05, 0.1) is 0 Å². The summed E-state index contributed by atoms with van der Waals surface area (Å²) < 4.78 is 0. The Morgan fingerprint density at radius 3 is 1.50 bits per heavy atom. The fourth-order valence-corrected chi connectivity index (χ4v) is 2.11. The van der Waals surface area contributed by atoms with Crippen LogP contribution in [0.4, 0.5) is 11.4 Å². The molecule has 98 valence electrons. The molecule has 0 saturated heterocycles. The first-order valence-electron chi connectivity index (χ1n) is 5.99. The molecule has 0 saturated carbocycles. The molecular weight excluding hydrogens is 252 g/mol. The zero-order valence-corrected chi connectivity index (χ0v) is 11.1. The number of hydrogen-bond donors (Lipinski definition) is 0. The van der Waals surface area contributed by atoms with Gasteiger partial charge in [0.25, 0.3) is 0 Å². The van der Waals surface area contributed by atoms with Crippen LogP contribution in [0.25, 0.3) is 32.0 Å². The molecule has 0 fully saturated rings. The second-order valence-corrected chi connectivity index (χ2v) is 4.32. The van der Waals surface area contributed by atoms with Crippen LogP contribution < -0.4 is 0 Å². The first kappa shape index (κ1) is 13.5. The minimum Gasteiger partial charge on any atom is -0.0614 e. The van der Waals surface area contributed by atoms with Gasteiger partial charge in [0.2, 0.25) is 0 Å². The summed E-state index contributed by atoms with van der Waals surface area (Å²) in [5.41, 5.74) is 21.8. The molecular formula is C14H12N6. The van der Waals surface area contributed by atoms with E-state index in [9.17, 15) is 0 Å². The van der Waals surface area contributed by atoms with Gasteiger partial charge in [-0.15, -0.1) is 0 Å². The number of hydrogen-bond acceptors (Lipinski definition) is 2. The number of rotatable bonds is 3. The summed E-state index contributed by atoms with van der Waals surface area (Å²) in [6.07, 6.45) is 0. The van der Waals surface area contributed by atoms with E-state index >= 15 is 0 Å². The van der Waals surface area contributed by atoms with Gasteiger partial charge in [-0.1, -0.05) is 46.6 Å². The maximum Gasteiger partial charge on any atom is 0.0483 e. The van der Waals surface area contributed by atoms with E-state index in [2.05, 4.69) is 20.1 Å². The lowest BCUT2D eigenvalue weighted by atomic mass is 9.97. The Morgan fingerprint density at radius 2 is 1.15 bits per heavy atom. The fraction of sp³-hybridized carbons (Fsp3) is 0.143. The maximum atomic E-state index is 8.72. The van der Waals surface area contributed by atoms with Gasteiger partial charge < -0.3 is 0 Å². The van der Waals surface area contributed by atoms with Crippen LogP contribution in [0, 0.1) is 13.8 Å². The molecule has 0 radical (unpaired) electrons. The van der Waals surface area contributed by atoms with Crippen molar-refractivity contribution in [2.45, 2.75) is 13.8 Å². The van der Waals surface area contributed by atoms with Gasteiger partial charge in [0.1, 0.15) is 0 Å². The molecule has 0 atom stereocenters. The predicted molar refractivity (Wildman–Crippen MR) is 79.0 cm³/mol. The van der Waals surface area contributed by atoms with Crippen LogP contribution in [-0.4, -0.2) is 0 Å². The lowest BCUT2D eigenvalue weighted by Crippen LogP contribution is -1.85. The van der Waals surface area contributed by atoms with Crippen molar-refractivity contribution in [3.05, 3.63) is 68.4 Å². The predicted octanol–water partition coefficient (Wildman–Crippen LogP) is 5.85. The third-order valence-corrected chi connectivity index (χ3v) is 3.06. The maximum absolute atomic E-state index is 8.72. The average Bonchev–Trinajstić information content (AvgIpc) is 2.44. The molecule has 0 heterocycles. The van der Waals surface area contributed by atoms with Gasteiger partial charge >= 0.3 is 0 Å². The van der Waals surface area contributed by atoms with Gasteiger partial charge in [0, 0.05) is 21.2 Å². The summed E-state index contributed by atoms with van der Waals surface area (Å²) in [5.74, 6) is 0. The zero-order valence-electron chi connectivity index (χ0n) is 11.1. The fourth-order valence-electron chi connectivity index (χ4n) is 2.11. The van der Waals surface area contributed by atoms with Crippen LogP contribution in [-0.2, 0) is 0 Å². The van der Waals surface area contributed by atoms with Crippen LogP contribution >= 0.6 is 0 Å². The summed E-state index contributed by atoms with van der Waals surface area (Å²) in [4.78, 5) is 5.75. The number of nitrogens with zero attached hydrogens (tertiary/aromatic N) is 6. The van der Waals surface area contributed by atoms with E-state index in [-0.39, 0.29) is 0 Å². The van der Waals surface area contributed by atoms with Gasteiger partial charge in [-0.25, -0.2) is 0 Å². The van der Waals surface area contributed by atoms with Gasteiger partial charge in [-0.2, -0.15) is 0 Å². The number of azide groups is 2. The third-order valence-electron chi connectivity index (χ3n) is 3.06. The Kier molecular flexibility index (Phi) is 3.91. The molecule has 0 bridgehead atoms. The molecule has 0 aliphatic carbocycles. The average molecular weight is 264 g/mol. The quantitative estimate of drug-likeness (QED) is 0.377. The van der Waals surface area contributed by atoms with E-state index in [0.717, 1.165) is 22.3 Å². The summed E-state index contributed by atoms with van der Waals surface area (Å²) in [6.45, 7) is 3.74. The smallest absolute Gasteiger partial charge is 0.0483 e. The largest absolute Gasteiger partial charge is 0.0614 e. The van der Waals surface area contributed by atoms with Crippen molar-refractivity contribution in [1.29, 1.82) is 0 Å². The highest BCUT2D eigenvalue weighted by molar-refractivity contribution is 5.86. The second-order valence-electron chi connectivity index (χ2n) is 4.32. The summed E-state index contributed by atoms with van der Waals surface area (Å²) >= 11 is 0. The molecule has 6 nitrogen and oxygen atoms in total. The highest BCUT2D eigenvalue weighted by Crippen LogP contribution is 2.40. The van der Waals surface area contributed by atoms with Crippen molar-refractivity contribution in [3.8, 4) is 11.1 Å². The summed E-state index contributed by atoms with van der Waals surface area (Å²) in [6, 6.07) is 11.2. The molecule has 0 unspecified atom stereocenters. The van der Waals surface area contributed by atoms with Crippen LogP contribution in [0.3, 0.4) is 0 Å². The summed E-state index contributed by atoms with van der Waals surface area (Å²) in [7, 11) is 0. The van der Waals surface area contributed by atoms with E-state index in [0.29, 0.717) is 11.4 Å². The SMILES string of the molecule is Cc1cccc(-c2cccc(C)c2N=[N+]=[N-])c1N=[N+]=[N-]. The molecule has 0 aromatic heterocycles. The standard InChI is InChI=1S/C14H12N6/c1-9-5-3-7-11(13(9)17-19-15)12-8-4-6-10(2)14(12)18-20-16/h3-8H,1-2H3. The normalized spacial score (nSPS) is 9.50. The number of aryl methyl sites for hydroxylation is 2. The van der Waals surface area contributed by atoms with E-state index in [1.54, 1.807) is 0 Å². The van der Waals surface area contributed by atoms with Crippen LogP contribution in [0.2, 0.25) is 0 Å². The Balaban J connectivity index is 2.82. The van der Waals surface area contributed by atoms with E-state index < -0.39 is 0 Å². The topological polar surface area (TPSA) is 97.5 Å². The zero-order chi connectivity index (χ0) is 14.5. The minimum atomic E-state index is 0.551. The molecule has 2 aromatic carbocycles. The van der Waals surface area contributed by atoms with E-state index in [1.807, 2.05) is 50.2 Å². The Hall–Kier alpha value is -2.94. The molecule has 0 amide bonds. The molecule has 0 N–H and O–H groups in total. The van der Waals surface area contributed by atoms with Gasteiger partial charge in [-0.3, -0.25) is 0 Å². The van der Waals surface area contributed by atoms with E-state index in [1.165, 1.54) is 0 Å². The van der Waals surface area contributed by atoms with Crippen molar-refractivity contribution < 1.29 is 0 Å². The molecule has 2 aromatic rings. The van der Waals surface area contributed by atoms with Crippen molar-refractivity contribution in [1.82, 2.24) is 0 Å². The third kappa shape index (κ3) is 2.42.